The van der Waals surface area contributed by atoms with Crippen molar-refractivity contribution in [3.63, 3.8) is 0 Å². The quantitative estimate of drug-likeness (QED) is 0.108. The van der Waals surface area contributed by atoms with Crippen LogP contribution in [0.2, 0.25) is 0 Å². The fourth-order valence-electron chi connectivity index (χ4n) is 3.22. The van der Waals surface area contributed by atoms with Crippen molar-refractivity contribution in [1.29, 1.82) is 0 Å². The Hall–Kier alpha value is -3.06. The number of hydrogen-bond donors (Lipinski definition) is 1. The predicted molar refractivity (Wildman–Crippen MR) is 148 cm³/mol. The van der Waals surface area contributed by atoms with Crippen LogP contribution in [0.15, 0.2) is 84.0 Å². The minimum Gasteiger partial charge on any atom is -0.487 e. The highest BCUT2D eigenvalue weighted by Gasteiger charge is 2.10. The van der Waals surface area contributed by atoms with Gasteiger partial charge in [0, 0.05) is 17.7 Å². The fourth-order valence-corrected chi connectivity index (χ4v) is 5.35. The summed E-state index contributed by atoms with van der Waals surface area (Å²) in [7, 11) is 0. The zero-order valence-corrected chi connectivity index (χ0v) is 21.9. The van der Waals surface area contributed by atoms with E-state index in [1.807, 2.05) is 48.5 Å². The third kappa shape index (κ3) is 5.89. The van der Waals surface area contributed by atoms with Gasteiger partial charge in [-0.15, -0.1) is 0 Å². The number of fused-ring (bicyclic) bond motifs is 1. The molecule has 0 aromatic heterocycles. The van der Waals surface area contributed by atoms with Crippen LogP contribution in [0.25, 0.3) is 10.8 Å². The van der Waals surface area contributed by atoms with Crippen LogP contribution in [-0.2, 0) is 6.61 Å². The first-order valence-corrected chi connectivity index (χ1v) is 12.2. The second-order valence-corrected chi connectivity index (χ2v) is 9.61. The summed E-state index contributed by atoms with van der Waals surface area (Å²) in [5.41, 5.74) is 4.80. The highest BCUT2D eigenvalue weighted by molar-refractivity contribution is 14.1. The van der Waals surface area contributed by atoms with Crippen molar-refractivity contribution in [1.82, 2.24) is 5.43 Å². The lowest BCUT2D eigenvalue weighted by Gasteiger charge is -2.11. The molecule has 0 aliphatic heterocycles. The van der Waals surface area contributed by atoms with E-state index in [4.69, 9.17) is 4.74 Å². The smallest absolute Gasteiger partial charge is 0.271 e. The molecule has 34 heavy (non-hydrogen) atoms. The number of non-ortho nitro benzene ring substituents is 1. The minimum atomic E-state index is -0.430. The number of carbonyl (C=O) groups is 1. The Morgan fingerprint density at radius 3 is 2.32 bits per heavy atom. The summed E-state index contributed by atoms with van der Waals surface area (Å²) >= 11 is 4.37. The van der Waals surface area contributed by atoms with Gasteiger partial charge in [-0.1, -0.05) is 30.3 Å². The average Bonchev–Trinajstić information content (AvgIpc) is 2.83. The Labute approximate surface area is 222 Å². The molecule has 4 rings (SSSR count). The third-order valence-electron chi connectivity index (χ3n) is 4.94. The van der Waals surface area contributed by atoms with E-state index < -0.39 is 4.92 Å². The Balaban J connectivity index is 1.39. The highest BCUT2D eigenvalue weighted by atomic mass is 127. The lowest BCUT2D eigenvalue weighted by molar-refractivity contribution is -0.384. The van der Waals surface area contributed by atoms with Crippen molar-refractivity contribution in [2.75, 3.05) is 0 Å². The van der Waals surface area contributed by atoms with Gasteiger partial charge in [-0.3, -0.25) is 14.9 Å². The number of hydrazone groups is 1. The second-order valence-electron chi connectivity index (χ2n) is 7.29. The Kier molecular flexibility index (Phi) is 7.73. The number of nitrogens with zero attached hydrogens (tertiary/aromatic N) is 2. The number of hydrogen-bond acceptors (Lipinski definition) is 5. The first kappa shape index (κ1) is 24.1. The molecule has 4 aromatic rings. The molecule has 0 atom stereocenters. The van der Waals surface area contributed by atoms with E-state index in [1.165, 1.54) is 12.1 Å². The number of carbonyl (C=O) groups excluding carboxylic acids is 1. The van der Waals surface area contributed by atoms with E-state index in [2.05, 4.69) is 55.7 Å². The third-order valence-corrected chi connectivity index (χ3v) is 6.54. The van der Waals surface area contributed by atoms with Gasteiger partial charge in [0.2, 0.25) is 0 Å². The largest absolute Gasteiger partial charge is 0.487 e. The van der Waals surface area contributed by atoms with E-state index in [0.29, 0.717) is 12.2 Å². The molecule has 7 nitrogen and oxygen atoms in total. The zero-order valence-electron chi connectivity index (χ0n) is 17.6. The molecule has 0 bridgehead atoms. The molecule has 0 radical (unpaired) electrons. The number of benzene rings is 4. The summed E-state index contributed by atoms with van der Waals surface area (Å²) in [4.78, 5) is 22.8. The van der Waals surface area contributed by atoms with Crippen LogP contribution >= 0.6 is 45.2 Å². The Morgan fingerprint density at radius 2 is 1.65 bits per heavy atom. The fraction of sp³-hybridized carbons (Fsp3) is 0.0400. The van der Waals surface area contributed by atoms with Gasteiger partial charge in [-0.25, -0.2) is 5.43 Å². The van der Waals surface area contributed by atoms with Gasteiger partial charge in [-0.2, -0.15) is 5.10 Å². The van der Waals surface area contributed by atoms with Crippen molar-refractivity contribution in [2.45, 2.75) is 6.61 Å². The molecule has 0 aliphatic carbocycles. The van der Waals surface area contributed by atoms with Crippen molar-refractivity contribution in [3.8, 4) is 5.75 Å². The maximum atomic E-state index is 12.5. The molecular weight excluding hydrogens is 660 g/mol. The molecule has 4 aromatic carbocycles. The molecule has 0 heterocycles. The molecule has 1 N–H and O–H groups in total. The molecular formula is C25H17I2N3O4. The van der Waals surface area contributed by atoms with Gasteiger partial charge in [-0.05, 0) is 103 Å². The van der Waals surface area contributed by atoms with E-state index in [1.54, 1.807) is 24.4 Å². The standard InChI is InChI=1S/C25H17I2N3O4/c26-22-11-17(12-23(27)24(22)34-15-16-5-9-21(10-6-16)30(32)33)14-28-29-25(31)20-8-7-18-3-1-2-4-19(18)13-20/h1-14H,15H2,(H,29,31)/b28-14-. The number of nitro groups is 1. The predicted octanol–water partition coefficient (Wildman–Crippen LogP) is 6.30. The van der Waals surface area contributed by atoms with E-state index in [0.717, 1.165) is 34.8 Å². The van der Waals surface area contributed by atoms with E-state index in [9.17, 15) is 14.9 Å². The van der Waals surface area contributed by atoms with Crippen LogP contribution in [0.1, 0.15) is 21.5 Å². The van der Waals surface area contributed by atoms with Gasteiger partial charge in [0.25, 0.3) is 11.6 Å². The van der Waals surface area contributed by atoms with Gasteiger partial charge in [0.05, 0.1) is 18.3 Å². The maximum Gasteiger partial charge on any atom is 0.271 e. The van der Waals surface area contributed by atoms with Crippen molar-refractivity contribution >= 4 is 73.8 Å². The summed E-state index contributed by atoms with van der Waals surface area (Å²) in [6.07, 6.45) is 1.59. The highest BCUT2D eigenvalue weighted by Crippen LogP contribution is 2.29. The van der Waals surface area contributed by atoms with Crippen LogP contribution in [0.5, 0.6) is 5.75 Å². The minimum absolute atomic E-state index is 0.0456. The summed E-state index contributed by atoms with van der Waals surface area (Å²) in [6, 6.07) is 23.5. The maximum absolute atomic E-state index is 12.5. The first-order valence-electron chi connectivity index (χ1n) is 10.1. The normalized spacial score (nSPS) is 11.0. The Bertz CT molecular complexity index is 1380. The zero-order chi connectivity index (χ0) is 24.1. The van der Waals surface area contributed by atoms with Crippen molar-refractivity contribution < 1.29 is 14.5 Å². The van der Waals surface area contributed by atoms with Crippen LogP contribution in [0.4, 0.5) is 5.69 Å². The number of halogens is 2. The summed E-state index contributed by atoms with van der Waals surface area (Å²) in [5.74, 6) is 0.436. The van der Waals surface area contributed by atoms with Crippen LogP contribution in [0.3, 0.4) is 0 Å². The number of ether oxygens (including phenoxy) is 1. The van der Waals surface area contributed by atoms with Gasteiger partial charge in [0.1, 0.15) is 12.4 Å². The molecule has 0 saturated carbocycles. The molecule has 170 valence electrons. The van der Waals surface area contributed by atoms with E-state index >= 15 is 0 Å². The SMILES string of the molecule is O=C(N/N=C\c1cc(I)c(OCc2ccc([N+](=O)[O-])cc2)c(I)c1)c1ccc2ccccc2c1. The molecule has 0 saturated heterocycles. The van der Waals surface area contributed by atoms with Gasteiger partial charge >= 0.3 is 0 Å². The lowest BCUT2D eigenvalue weighted by atomic mass is 10.1. The van der Waals surface area contributed by atoms with Gasteiger partial charge in [0.15, 0.2) is 0 Å². The molecule has 0 aliphatic rings. The second kappa shape index (κ2) is 10.9. The van der Waals surface area contributed by atoms with Crippen LogP contribution in [0, 0.1) is 17.3 Å². The van der Waals surface area contributed by atoms with Crippen LogP contribution in [-0.4, -0.2) is 17.0 Å². The number of nitrogens with one attached hydrogen (secondary N) is 1. The summed E-state index contributed by atoms with van der Waals surface area (Å²) in [5, 5.41) is 16.9. The molecule has 0 fully saturated rings. The lowest BCUT2D eigenvalue weighted by Crippen LogP contribution is -2.17. The monoisotopic (exact) mass is 677 g/mol. The van der Waals surface area contributed by atoms with E-state index in [-0.39, 0.29) is 11.6 Å². The Morgan fingerprint density at radius 1 is 0.971 bits per heavy atom. The number of rotatable bonds is 7. The molecule has 0 unspecified atom stereocenters. The average molecular weight is 677 g/mol. The number of amides is 1. The first-order chi connectivity index (χ1) is 16.4. The summed E-state index contributed by atoms with van der Waals surface area (Å²) in [6.45, 7) is 0.291. The summed E-state index contributed by atoms with van der Waals surface area (Å²) < 4.78 is 7.71. The molecule has 1 amide bonds. The number of nitro benzene ring substituents is 1. The topological polar surface area (TPSA) is 93.8 Å². The molecule has 9 heteroatoms. The van der Waals surface area contributed by atoms with Crippen molar-refractivity contribution in [3.05, 3.63) is 113 Å². The van der Waals surface area contributed by atoms with Crippen LogP contribution < -0.4 is 10.2 Å². The van der Waals surface area contributed by atoms with Crippen molar-refractivity contribution in [2.24, 2.45) is 5.10 Å². The van der Waals surface area contributed by atoms with Gasteiger partial charge < -0.3 is 4.74 Å². The molecule has 0 spiro atoms.